The summed E-state index contributed by atoms with van der Waals surface area (Å²) in [5.74, 6) is 2.31. The second kappa shape index (κ2) is 6.86. The molecule has 0 spiro atoms. The molecular weight excluding hydrogens is 290 g/mol. The van der Waals surface area contributed by atoms with Crippen LogP contribution >= 0.6 is 0 Å². The van der Waals surface area contributed by atoms with Crippen LogP contribution in [0.2, 0.25) is 0 Å². The predicted octanol–water partition coefficient (Wildman–Crippen LogP) is 2.68. The van der Waals surface area contributed by atoms with Gasteiger partial charge in [0.1, 0.15) is 11.6 Å². The lowest BCUT2D eigenvalue weighted by molar-refractivity contribution is -0.131. The number of methoxy groups -OCH3 is 1. The maximum Gasteiger partial charge on any atom is 0.227 e. The van der Waals surface area contributed by atoms with Gasteiger partial charge in [-0.05, 0) is 37.0 Å². The van der Waals surface area contributed by atoms with Gasteiger partial charge in [0, 0.05) is 31.4 Å². The van der Waals surface area contributed by atoms with E-state index in [1.165, 1.54) is 0 Å². The molecule has 3 rings (SSSR count). The van der Waals surface area contributed by atoms with Crippen LogP contribution in [0.5, 0.6) is 5.75 Å². The zero-order valence-electron chi connectivity index (χ0n) is 13.7. The topological polar surface area (TPSA) is 58.2 Å². The number of hydrogen-bond donors (Lipinski definition) is 1. The van der Waals surface area contributed by atoms with Crippen LogP contribution in [0.1, 0.15) is 35.7 Å². The highest BCUT2D eigenvalue weighted by Gasteiger charge is 2.26. The summed E-state index contributed by atoms with van der Waals surface area (Å²) < 4.78 is 5.34. The number of benzene rings is 1. The third-order valence-corrected chi connectivity index (χ3v) is 4.51. The van der Waals surface area contributed by atoms with Crippen LogP contribution in [0.4, 0.5) is 0 Å². The fraction of sp³-hybridized carbons (Fsp3) is 0.444. The predicted molar refractivity (Wildman–Crippen MR) is 88.6 cm³/mol. The fourth-order valence-electron chi connectivity index (χ4n) is 3.19. The highest BCUT2D eigenvalue weighted by molar-refractivity contribution is 5.79. The molecule has 1 fully saturated rings. The summed E-state index contributed by atoms with van der Waals surface area (Å²) >= 11 is 0. The maximum atomic E-state index is 12.6. The van der Waals surface area contributed by atoms with E-state index >= 15 is 0 Å². The zero-order valence-corrected chi connectivity index (χ0v) is 13.7. The molecule has 122 valence electrons. The average molecular weight is 313 g/mol. The van der Waals surface area contributed by atoms with Gasteiger partial charge in [0.15, 0.2) is 0 Å². The molecule has 1 aliphatic heterocycles. The minimum absolute atomic E-state index is 0.173. The molecule has 23 heavy (non-hydrogen) atoms. The minimum atomic E-state index is 0.173. The molecule has 0 bridgehead atoms. The molecule has 1 aromatic heterocycles. The van der Waals surface area contributed by atoms with Crippen molar-refractivity contribution < 1.29 is 9.53 Å². The second-order valence-electron chi connectivity index (χ2n) is 6.13. The number of nitrogens with one attached hydrogen (secondary N) is 1. The Kier molecular flexibility index (Phi) is 4.65. The van der Waals surface area contributed by atoms with Crippen LogP contribution in [0.15, 0.2) is 30.6 Å². The van der Waals surface area contributed by atoms with Gasteiger partial charge in [-0.1, -0.05) is 12.1 Å². The number of carbonyl (C=O) groups is 1. The molecule has 1 N–H and O–H groups in total. The Labute approximate surface area is 136 Å². The zero-order chi connectivity index (χ0) is 16.2. The molecular formula is C18H23N3O2. The average Bonchev–Trinajstić information content (AvgIpc) is 3.11. The van der Waals surface area contributed by atoms with Crippen molar-refractivity contribution in [2.45, 2.75) is 32.1 Å². The number of amides is 1. The number of ether oxygens (including phenoxy) is 1. The second-order valence-corrected chi connectivity index (χ2v) is 6.13. The first-order chi connectivity index (χ1) is 11.2. The number of rotatable bonds is 4. The van der Waals surface area contributed by atoms with E-state index in [9.17, 15) is 4.79 Å². The lowest BCUT2D eigenvalue weighted by Gasteiger charge is -2.32. The van der Waals surface area contributed by atoms with Gasteiger partial charge < -0.3 is 14.6 Å². The van der Waals surface area contributed by atoms with Crippen molar-refractivity contribution in [1.29, 1.82) is 0 Å². The van der Waals surface area contributed by atoms with E-state index in [0.29, 0.717) is 12.3 Å². The summed E-state index contributed by atoms with van der Waals surface area (Å²) in [7, 11) is 1.66. The quantitative estimate of drug-likeness (QED) is 0.944. The van der Waals surface area contributed by atoms with E-state index in [4.69, 9.17) is 4.74 Å². The van der Waals surface area contributed by atoms with E-state index in [1.54, 1.807) is 13.3 Å². The molecule has 1 amide bonds. The Morgan fingerprint density at radius 2 is 2.35 bits per heavy atom. The Hall–Kier alpha value is -2.30. The lowest BCUT2D eigenvalue weighted by atomic mass is 9.96. The number of aryl methyl sites for hydroxylation is 1. The number of hydrogen-bond acceptors (Lipinski definition) is 3. The number of piperidine rings is 1. The van der Waals surface area contributed by atoms with E-state index < -0.39 is 0 Å². The van der Waals surface area contributed by atoms with Gasteiger partial charge in [0.2, 0.25) is 5.91 Å². The first-order valence-corrected chi connectivity index (χ1v) is 8.08. The van der Waals surface area contributed by atoms with Gasteiger partial charge in [0.05, 0.1) is 13.5 Å². The summed E-state index contributed by atoms with van der Waals surface area (Å²) in [4.78, 5) is 22.1. The molecule has 0 radical (unpaired) electrons. The summed E-state index contributed by atoms with van der Waals surface area (Å²) in [5.41, 5.74) is 2.08. The standard InChI is InChI=1S/C18H23N3O2/c1-13-5-6-14(10-16(13)23-2)11-17(22)21-9-3-4-15(12-21)18-19-7-8-20-18/h5-8,10,15H,3-4,9,11-12H2,1-2H3,(H,19,20). The van der Waals surface area contributed by atoms with E-state index in [-0.39, 0.29) is 5.91 Å². The number of likely N-dealkylation sites (tertiary alicyclic amines) is 1. The van der Waals surface area contributed by atoms with Crippen molar-refractivity contribution >= 4 is 5.91 Å². The molecule has 5 heteroatoms. The molecule has 1 saturated heterocycles. The smallest absolute Gasteiger partial charge is 0.227 e. The first kappa shape index (κ1) is 15.6. The van der Waals surface area contributed by atoms with Crippen LogP contribution in [0.3, 0.4) is 0 Å². The molecule has 2 aromatic rings. The largest absolute Gasteiger partial charge is 0.496 e. The molecule has 1 aliphatic rings. The van der Waals surface area contributed by atoms with Gasteiger partial charge in [-0.3, -0.25) is 4.79 Å². The van der Waals surface area contributed by atoms with Crippen molar-refractivity contribution in [3.8, 4) is 5.75 Å². The summed E-state index contributed by atoms with van der Waals surface area (Å²) in [6, 6.07) is 5.97. The first-order valence-electron chi connectivity index (χ1n) is 8.08. The van der Waals surface area contributed by atoms with E-state index in [0.717, 1.165) is 48.6 Å². The molecule has 1 aromatic carbocycles. The molecule has 5 nitrogen and oxygen atoms in total. The van der Waals surface area contributed by atoms with Crippen molar-refractivity contribution in [3.05, 3.63) is 47.5 Å². The molecule has 2 heterocycles. The summed E-state index contributed by atoms with van der Waals surface area (Å²) in [5, 5.41) is 0. The highest BCUT2D eigenvalue weighted by Crippen LogP contribution is 2.25. The third-order valence-electron chi connectivity index (χ3n) is 4.51. The van der Waals surface area contributed by atoms with E-state index in [2.05, 4.69) is 9.97 Å². The number of aromatic amines is 1. The van der Waals surface area contributed by atoms with Crippen molar-refractivity contribution in [2.24, 2.45) is 0 Å². The Bertz CT molecular complexity index is 667. The monoisotopic (exact) mass is 313 g/mol. The third kappa shape index (κ3) is 3.55. The number of aromatic nitrogens is 2. The van der Waals surface area contributed by atoms with Crippen molar-refractivity contribution in [2.75, 3.05) is 20.2 Å². The van der Waals surface area contributed by atoms with E-state index in [1.807, 2.05) is 36.2 Å². The van der Waals surface area contributed by atoms with Crippen LogP contribution < -0.4 is 4.74 Å². The lowest BCUT2D eigenvalue weighted by Crippen LogP contribution is -2.40. The van der Waals surface area contributed by atoms with Crippen LogP contribution in [-0.2, 0) is 11.2 Å². The molecule has 0 aliphatic carbocycles. The van der Waals surface area contributed by atoms with Crippen LogP contribution in [0, 0.1) is 6.92 Å². The van der Waals surface area contributed by atoms with Gasteiger partial charge in [-0.15, -0.1) is 0 Å². The highest BCUT2D eigenvalue weighted by atomic mass is 16.5. The number of carbonyl (C=O) groups excluding carboxylic acids is 1. The summed E-state index contributed by atoms with van der Waals surface area (Å²) in [6.45, 7) is 3.58. The molecule has 1 atom stereocenters. The fourth-order valence-corrected chi connectivity index (χ4v) is 3.19. The Morgan fingerprint density at radius 1 is 1.48 bits per heavy atom. The van der Waals surface area contributed by atoms with Gasteiger partial charge in [-0.2, -0.15) is 0 Å². The van der Waals surface area contributed by atoms with Crippen LogP contribution in [0.25, 0.3) is 0 Å². The van der Waals surface area contributed by atoms with Gasteiger partial charge >= 0.3 is 0 Å². The Morgan fingerprint density at radius 3 is 3.09 bits per heavy atom. The minimum Gasteiger partial charge on any atom is -0.496 e. The number of imidazole rings is 1. The number of H-pyrrole nitrogens is 1. The summed E-state index contributed by atoms with van der Waals surface area (Å²) in [6.07, 6.45) is 6.13. The molecule has 0 saturated carbocycles. The van der Waals surface area contributed by atoms with Crippen molar-refractivity contribution in [3.63, 3.8) is 0 Å². The van der Waals surface area contributed by atoms with Crippen molar-refractivity contribution in [1.82, 2.24) is 14.9 Å². The maximum absolute atomic E-state index is 12.6. The molecule has 1 unspecified atom stereocenters. The van der Waals surface area contributed by atoms with Crippen LogP contribution in [-0.4, -0.2) is 41.0 Å². The van der Waals surface area contributed by atoms with Gasteiger partial charge in [0.25, 0.3) is 0 Å². The SMILES string of the molecule is COc1cc(CC(=O)N2CCCC(c3ncc[nH]3)C2)ccc1C. The normalized spacial score (nSPS) is 18.0. The number of nitrogens with zero attached hydrogens (tertiary/aromatic N) is 2. The Balaban J connectivity index is 1.66. The van der Waals surface area contributed by atoms with Gasteiger partial charge in [-0.25, -0.2) is 4.98 Å².